The average molecular weight is 525 g/mol. The number of hydrogen-bond donors (Lipinski definition) is 1. The van der Waals surface area contributed by atoms with Gasteiger partial charge in [0.05, 0.1) is 22.8 Å². The van der Waals surface area contributed by atoms with Crippen LogP contribution in [0.5, 0.6) is 0 Å². The lowest BCUT2D eigenvalue weighted by Gasteiger charge is -2.10. The van der Waals surface area contributed by atoms with Crippen LogP contribution in [0, 0.1) is 0 Å². The highest BCUT2D eigenvalue weighted by Crippen LogP contribution is 2.36. The monoisotopic (exact) mass is 524 g/mol. The molecule has 13 heteroatoms. The largest absolute Gasteiger partial charge is 0.461 e. The summed E-state index contributed by atoms with van der Waals surface area (Å²) in [5, 5.41) is 8.33. The molecule has 184 valence electrons. The van der Waals surface area contributed by atoms with Gasteiger partial charge in [0.1, 0.15) is 16.4 Å². The summed E-state index contributed by atoms with van der Waals surface area (Å²) in [6, 6.07) is 10.6. The van der Waals surface area contributed by atoms with Crippen LogP contribution in [0.3, 0.4) is 0 Å². The van der Waals surface area contributed by atoms with Gasteiger partial charge in [-0.1, -0.05) is 35.6 Å². The van der Waals surface area contributed by atoms with Crippen molar-refractivity contribution in [2.24, 2.45) is 10.7 Å². The number of sulfone groups is 1. The fourth-order valence-electron chi connectivity index (χ4n) is 2.81. The SMILES string of the molecule is CCOC(=O)C(N)=CC(=Nc1ccccc1C(F)(F)F)c1nnc(-c2cccc(S(C)(=O)=O)c2)s1. The first kappa shape index (κ1) is 26.0. The van der Waals surface area contributed by atoms with E-state index in [4.69, 9.17) is 10.5 Å². The van der Waals surface area contributed by atoms with E-state index in [0.717, 1.165) is 35.8 Å². The molecule has 2 N–H and O–H groups in total. The third kappa shape index (κ3) is 6.51. The molecule has 0 aliphatic carbocycles. The second-order valence-corrected chi connectivity index (χ2v) is 10.0. The van der Waals surface area contributed by atoms with Crippen molar-refractivity contribution >= 4 is 38.5 Å². The minimum atomic E-state index is -4.68. The molecule has 0 bridgehead atoms. The van der Waals surface area contributed by atoms with Crippen molar-refractivity contribution in [3.05, 3.63) is 70.9 Å². The number of benzene rings is 2. The van der Waals surface area contributed by atoms with Crippen molar-refractivity contribution in [1.82, 2.24) is 10.2 Å². The maximum atomic E-state index is 13.5. The molecule has 35 heavy (non-hydrogen) atoms. The molecule has 0 aliphatic heterocycles. The number of nitrogens with two attached hydrogens (primary N) is 1. The van der Waals surface area contributed by atoms with E-state index in [1.54, 1.807) is 13.0 Å². The second-order valence-electron chi connectivity index (χ2n) is 7.04. The van der Waals surface area contributed by atoms with Gasteiger partial charge in [-0.25, -0.2) is 18.2 Å². The Bertz CT molecular complexity index is 1410. The van der Waals surface area contributed by atoms with E-state index >= 15 is 0 Å². The van der Waals surface area contributed by atoms with E-state index in [9.17, 15) is 26.4 Å². The maximum absolute atomic E-state index is 13.5. The summed E-state index contributed by atoms with van der Waals surface area (Å²) in [7, 11) is -3.48. The van der Waals surface area contributed by atoms with Gasteiger partial charge in [-0.2, -0.15) is 13.2 Å². The third-order valence-electron chi connectivity index (χ3n) is 4.41. The Morgan fingerprint density at radius 1 is 1.17 bits per heavy atom. The van der Waals surface area contributed by atoms with Gasteiger partial charge < -0.3 is 10.5 Å². The van der Waals surface area contributed by atoms with Crippen LogP contribution < -0.4 is 5.73 Å². The standard InChI is InChI=1S/C22H19F3N4O4S2/c1-3-33-21(30)16(26)12-18(27-17-10-5-4-9-15(17)22(23,24)25)20-29-28-19(34-20)13-7-6-8-14(11-13)35(2,31)32/h4-12H,3,26H2,1-2H3. The number of esters is 1. The Labute approximate surface area is 202 Å². The number of para-hydroxylation sites is 1. The average Bonchev–Trinajstić information content (AvgIpc) is 3.28. The van der Waals surface area contributed by atoms with Crippen molar-refractivity contribution < 1.29 is 31.1 Å². The number of allylic oxidation sites excluding steroid dienone is 1. The quantitative estimate of drug-likeness (QED) is 0.280. The van der Waals surface area contributed by atoms with Gasteiger partial charge in [0, 0.05) is 11.8 Å². The second kappa shape index (κ2) is 10.4. The van der Waals surface area contributed by atoms with Crippen LogP contribution in [0.4, 0.5) is 18.9 Å². The summed E-state index contributed by atoms with van der Waals surface area (Å²) in [5.74, 6) is -0.880. The van der Waals surface area contributed by atoms with Gasteiger partial charge in [-0.05, 0) is 37.3 Å². The first-order valence-electron chi connectivity index (χ1n) is 9.93. The minimum absolute atomic E-state index is 0.0381. The van der Waals surface area contributed by atoms with Crippen molar-refractivity contribution in [1.29, 1.82) is 0 Å². The van der Waals surface area contributed by atoms with Crippen molar-refractivity contribution in [3.63, 3.8) is 0 Å². The predicted octanol–water partition coefficient (Wildman–Crippen LogP) is 4.15. The molecule has 0 unspecified atom stereocenters. The summed E-state index contributed by atoms with van der Waals surface area (Å²) >= 11 is 0.932. The van der Waals surface area contributed by atoms with Crippen LogP contribution in [0.2, 0.25) is 0 Å². The van der Waals surface area contributed by atoms with E-state index in [-0.39, 0.29) is 27.2 Å². The zero-order valence-electron chi connectivity index (χ0n) is 18.4. The number of ether oxygens (including phenoxy) is 1. The topological polar surface area (TPSA) is 125 Å². The van der Waals surface area contributed by atoms with Crippen molar-refractivity contribution in [2.75, 3.05) is 12.9 Å². The predicted molar refractivity (Wildman–Crippen MR) is 125 cm³/mol. The van der Waals surface area contributed by atoms with Crippen LogP contribution >= 0.6 is 11.3 Å². The Balaban J connectivity index is 2.14. The number of aliphatic imine (C=N–C) groups is 1. The van der Waals surface area contributed by atoms with Crippen LogP contribution in [0.25, 0.3) is 10.6 Å². The summed E-state index contributed by atoms with van der Waals surface area (Å²) in [6.45, 7) is 1.61. The number of carbonyl (C=O) groups excluding carboxylic acids is 1. The number of aromatic nitrogens is 2. The molecule has 8 nitrogen and oxygen atoms in total. The zero-order valence-corrected chi connectivity index (χ0v) is 20.0. The summed E-state index contributed by atoms with van der Waals surface area (Å²) in [4.78, 5) is 16.2. The van der Waals surface area contributed by atoms with Gasteiger partial charge in [0.25, 0.3) is 0 Å². The highest BCUT2D eigenvalue weighted by atomic mass is 32.2. The Morgan fingerprint density at radius 3 is 2.54 bits per heavy atom. The fraction of sp³-hybridized carbons (Fsp3) is 0.182. The molecule has 3 rings (SSSR count). The van der Waals surface area contributed by atoms with Crippen molar-refractivity contribution in [2.45, 2.75) is 18.0 Å². The number of rotatable bonds is 7. The molecule has 2 aromatic carbocycles. The number of nitrogens with zero attached hydrogens (tertiary/aromatic N) is 3. The molecule has 0 saturated carbocycles. The van der Waals surface area contributed by atoms with Crippen molar-refractivity contribution in [3.8, 4) is 10.6 Å². The Hall–Kier alpha value is -3.58. The highest BCUT2D eigenvalue weighted by molar-refractivity contribution is 7.90. The summed E-state index contributed by atoms with van der Waals surface area (Å²) in [5.41, 5.74) is 4.24. The molecule has 3 aromatic rings. The molecule has 0 atom stereocenters. The first-order chi connectivity index (χ1) is 16.4. The molecule has 0 spiro atoms. The number of alkyl halides is 3. The lowest BCUT2D eigenvalue weighted by molar-refractivity contribution is -0.138. The molecule has 0 radical (unpaired) electrons. The van der Waals surface area contributed by atoms with Gasteiger partial charge in [-0.3, -0.25) is 0 Å². The lowest BCUT2D eigenvalue weighted by atomic mass is 10.1. The molecule has 1 aromatic heterocycles. The Kier molecular flexibility index (Phi) is 7.70. The molecule has 0 fully saturated rings. The van der Waals surface area contributed by atoms with Crippen LogP contribution in [-0.4, -0.2) is 43.2 Å². The highest BCUT2D eigenvalue weighted by Gasteiger charge is 2.33. The van der Waals surface area contributed by atoms with E-state index in [1.807, 2.05) is 0 Å². The van der Waals surface area contributed by atoms with Gasteiger partial charge in [0.2, 0.25) is 0 Å². The smallest absolute Gasteiger partial charge is 0.418 e. The van der Waals surface area contributed by atoms with E-state index in [0.29, 0.717) is 5.56 Å². The molecule has 0 aliphatic rings. The minimum Gasteiger partial charge on any atom is -0.461 e. The van der Waals surface area contributed by atoms with Gasteiger partial charge >= 0.3 is 12.1 Å². The number of hydrogen-bond acceptors (Lipinski definition) is 9. The zero-order chi connectivity index (χ0) is 25.8. The molecular weight excluding hydrogens is 505 g/mol. The number of halogens is 3. The molecule has 0 amide bonds. The van der Waals surface area contributed by atoms with Crippen LogP contribution in [0.15, 0.2) is 70.2 Å². The van der Waals surface area contributed by atoms with E-state index in [2.05, 4.69) is 15.2 Å². The van der Waals surface area contributed by atoms with Gasteiger partial charge in [0.15, 0.2) is 14.8 Å². The fourth-order valence-corrected chi connectivity index (χ4v) is 4.27. The molecule has 1 heterocycles. The van der Waals surface area contributed by atoms with E-state index < -0.39 is 38.9 Å². The molecule has 0 saturated heterocycles. The molecular formula is C22H19F3N4O4S2. The van der Waals surface area contributed by atoms with E-state index in [1.165, 1.54) is 30.3 Å². The lowest BCUT2D eigenvalue weighted by Crippen LogP contribution is -2.16. The number of carbonyl (C=O) groups is 1. The maximum Gasteiger partial charge on any atom is 0.418 e. The van der Waals surface area contributed by atoms with Gasteiger partial charge in [-0.15, -0.1) is 10.2 Å². The summed E-state index contributed by atoms with van der Waals surface area (Å²) < 4.78 is 69.1. The normalized spacial score (nSPS) is 13.1. The Morgan fingerprint density at radius 2 is 1.89 bits per heavy atom. The third-order valence-corrected chi connectivity index (χ3v) is 6.51. The van der Waals surface area contributed by atoms with Crippen LogP contribution in [0.1, 0.15) is 17.5 Å². The van der Waals surface area contributed by atoms with Crippen LogP contribution in [-0.2, 0) is 25.5 Å². The summed E-state index contributed by atoms with van der Waals surface area (Å²) in [6.07, 6.45) is -2.56. The first-order valence-corrected chi connectivity index (χ1v) is 12.6.